The highest BCUT2D eigenvalue weighted by molar-refractivity contribution is 5.35. The van der Waals surface area contributed by atoms with E-state index in [-0.39, 0.29) is 5.82 Å². The SMILES string of the molecule is COc1ccc(F)cc1Cc1noc(Cc2cc(C)on2)n1. The van der Waals surface area contributed by atoms with Crippen molar-refractivity contribution in [3.63, 3.8) is 0 Å². The summed E-state index contributed by atoms with van der Waals surface area (Å²) in [7, 11) is 1.53. The Kier molecular flexibility index (Phi) is 3.86. The Bertz CT molecular complexity index is 782. The number of methoxy groups -OCH3 is 1. The minimum absolute atomic E-state index is 0.322. The Labute approximate surface area is 125 Å². The summed E-state index contributed by atoms with van der Waals surface area (Å²) in [5.74, 6) is 1.86. The number of hydrogen-bond acceptors (Lipinski definition) is 6. The maximum Gasteiger partial charge on any atom is 0.232 e. The largest absolute Gasteiger partial charge is 0.496 e. The first kappa shape index (κ1) is 14.2. The second kappa shape index (κ2) is 5.97. The number of halogens is 1. The average molecular weight is 303 g/mol. The molecular weight excluding hydrogens is 289 g/mol. The van der Waals surface area contributed by atoms with Crippen LogP contribution < -0.4 is 4.74 Å². The fourth-order valence-corrected chi connectivity index (χ4v) is 2.15. The molecule has 22 heavy (non-hydrogen) atoms. The average Bonchev–Trinajstić information content (AvgIpc) is 3.09. The Hall–Kier alpha value is -2.70. The summed E-state index contributed by atoms with van der Waals surface area (Å²) in [6.45, 7) is 1.81. The lowest BCUT2D eigenvalue weighted by atomic mass is 10.1. The van der Waals surface area contributed by atoms with Crippen LogP contribution in [0, 0.1) is 12.7 Å². The van der Waals surface area contributed by atoms with Gasteiger partial charge in [-0.15, -0.1) is 0 Å². The predicted molar refractivity (Wildman–Crippen MR) is 74.1 cm³/mol. The molecule has 3 rings (SSSR count). The minimum atomic E-state index is -0.336. The molecule has 0 unspecified atom stereocenters. The molecule has 1 aromatic carbocycles. The molecule has 0 aliphatic heterocycles. The highest BCUT2D eigenvalue weighted by atomic mass is 19.1. The highest BCUT2D eigenvalue weighted by Gasteiger charge is 2.13. The molecule has 0 radical (unpaired) electrons. The van der Waals surface area contributed by atoms with Crippen LogP contribution in [0.1, 0.15) is 28.7 Å². The molecule has 3 aromatic rings. The van der Waals surface area contributed by atoms with Gasteiger partial charge in [0.05, 0.1) is 19.2 Å². The second-order valence-electron chi connectivity index (χ2n) is 4.84. The number of ether oxygens (including phenoxy) is 1. The van der Waals surface area contributed by atoms with E-state index in [1.54, 1.807) is 12.1 Å². The molecule has 6 nitrogen and oxygen atoms in total. The van der Waals surface area contributed by atoms with Crippen molar-refractivity contribution in [3.8, 4) is 5.75 Å². The van der Waals surface area contributed by atoms with Crippen molar-refractivity contribution in [2.24, 2.45) is 0 Å². The molecule has 0 N–H and O–H groups in total. The Balaban J connectivity index is 1.75. The van der Waals surface area contributed by atoms with E-state index in [1.165, 1.54) is 19.2 Å². The van der Waals surface area contributed by atoms with Crippen molar-refractivity contribution < 1.29 is 18.2 Å². The summed E-state index contributed by atoms with van der Waals surface area (Å²) >= 11 is 0. The van der Waals surface area contributed by atoms with E-state index in [0.717, 1.165) is 11.5 Å². The molecule has 0 aliphatic rings. The third kappa shape index (κ3) is 3.13. The van der Waals surface area contributed by atoms with Gasteiger partial charge in [-0.1, -0.05) is 10.3 Å². The standard InChI is InChI=1S/C15H14FN3O3/c1-9-5-12(18-21-9)8-15-17-14(19-22-15)7-10-6-11(16)3-4-13(10)20-2/h3-6H,7-8H2,1-2H3. The van der Waals surface area contributed by atoms with Crippen molar-refractivity contribution >= 4 is 0 Å². The van der Waals surface area contributed by atoms with Gasteiger partial charge in [0.25, 0.3) is 0 Å². The first-order valence-electron chi connectivity index (χ1n) is 6.70. The van der Waals surface area contributed by atoms with Crippen molar-refractivity contribution in [2.45, 2.75) is 19.8 Å². The molecule has 0 bridgehead atoms. The fraction of sp³-hybridized carbons (Fsp3) is 0.267. The molecule has 0 spiro atoms. The Morgan fingerprint density at radius 2 is 2.00 bits per heavy atom. The smallest absolute Gasteiger partial charge is 0.232 e. The lowest BCUT2D eigenvalue weighted by molar-refractivity contribution is 0.368. The van der Waals surface area contributed by atoms with Gasteiger partial charge >= 0.3 is 0 Å². The lowest BCUT2D eigenvalue weighted by Crippen LogP contribution is -1.97. The number of benzene rings is 1. The van der Waals surface area contributed by atoms with E-state index in [0.29, 0.717) is 35.9 Å². The van der Waals surface area contributed by atoms with Gasteiger partial charge in [-0.25, -0.2) is 4.39 Å². The van der Waals surface area contributed by atoms with Gasteiger partial charge in [0, 0.05) is 18.1 Å². The van der Waals surface area contributed by atoms with Gasteiger partial charge in [0.2, 0.25) is 5.89 Å². The van der Waals surface area contributed by atoms with Crippen LogP contribution in [-0.2, 0) is 12.8 Å². The lowest BCUT2D eigenvalue weighted by Gasteiger charge is -2.05. The molecule has 114 valence electrons. The van der Waals surface area contributed by atoms with Gasteiger partial charge in [-0.2, -0.15) is 4.98 Å². The molecule has 0 saturated carbocycles. The molecule has 2 heterocycles. The highest BCUT2D eigenvalue weighted by Crippen LogP contribution is 2.21. The van der Waals surface area contributed by atoms with E-state index in [1.807, 2.05) is 6.92 Å². The van der Waals surface area contributed by atoms with Crippen LogP contribution in [0.2, 0.25) is 0 Å². The van der Waals surface area contributed by atoms with Gasteiger partial charge in [0.15, 0.2) is 5.82 Å². The maximum absolute atomic E-state index is 13.3. The number of rotatable bonds is 5. The zero-order chi connectivity index (χ0) is 15.5. The van der Waals surface area contributed by atoms with Gasteiger partial charge in [-0.05, 0) is 25.1 Å². The molecule has 0 atom stereocenters. The molecule has 2 aromatic heterocycles. The molecule has 0 amide bonds. The van der Waals surface area contributed by atoms with E-state index in [9.17, 15) is 4.39 Å². The Morgan fingerprint density at radius 3 is 2.73 bits per heavy atom. The topological polar surface area (TPSA) is 74.2 Å². The van der Waals surface area contributed by atoms with Crippen molar-refractivity contribution in [2.75, 3.05) is 7.11 Å². The van der Waals surface area contributed by atoms with Crippen LogP contribution in [0.4, 0.5) is 4.39 Å². The van der Waals surface area contributed by atoms with Gasteiger partial charge < -0.3 is 13.8 Å². The molecule has 7 heteroatoms. The summed E-state index contributed by atoms with van der Waals surface area (Å²) in [5, 5.41) is 7.77. The maximum atomic E-state index is 13.3. The monoisotopic (exact) mass is 303 g/mol. The van der Waals surface area contributed by atoms with Crippen LogP contribution in [0.5, 0.6) is 5.75 Å². The molecule has 0 fully saturated rings. The van der Waals surface area contributed by atoms with Gasteiger partial charge in [0.1, 0.15) is 17.3 Å². The van der Waals surface area contributed by atoms with Crippen LogP contribution in [0.25, 0.3) is 0 Å². The third-order valence-electron chi connectivity index (χ3n) is 3.11. The zero-order valence-electron chi connectivity index (χ0n) is 12.2. The molecule has 0 aliphatic carbocycles. The zero-order valence-corrected chi connectivity index (χ0v) is 12.2. The van der Waals surface area contributed by atoms with Crippen molar-refractivity contribution in [1.29, 1.82) is 0 Å². The van der Waals surface area contributed by atoms with Crippen LogP contribution in [0.3, 0.4) is 0 Å². The van der Waals surface area contributed by atoms with E-state index >= 15 is 0 Å². The Morgan fingerprint density at radius 1 is 1.14 bits per heavy atom. The molecule has 0 saturated heterocycles. The van der Waals surface area contributed by atoms with Gasteiger partial charge in [-0.3, -0.25) is 0 Å². The fourth-order valence-electron chi connectivity index (χ4n) is 2.15. The van der Waals surface area contributed by atoms with Crippen LogP contribution in [-0.4, -0.2) is 22.4 Å². The minimum Gasteiger partial charge on any atom is -0.496 e. The van der Waals surface area contributed by atoms with E-state index in [2.05, 4.69) is 15.3 Å². The van der Waals surface area contributed by atoms with Crippen LogP contribution >= 0.6 is 0 Å². The molecular formula is C15H14FN3O3. The number of aryl methyl sites for hydroxylation is 1. The summed E-state index contributed by atoms with van der Waals surface area (Å²) in [5.41, 5.74) is 1.38. The third-order valence-corrected chi connectivity index (χ3v) is 3.11. The normalized spacial score (nSPS) is 10.9. The predicted octanol–water partition coefficient (Wildman–Crippen LogP) is 2.70. The summed E-state index contributed by atoms with van der Waals surface area (Å²) in [6, 6.07) is 6.12. The van der Waals surface area contributed by atoms with E-state index in [4.69, 9.17) is 13.8 Å². The van der Waals surface area contributed by atoms with Crippen LogP contribution in [0.15, 0.2) is 33.3 Å². The van der Waals surface area contributed by atoms with E-state index < -0.39 is 0 Å². The summed E-state index contributed by atoms with van der Waals surface area (Å²) in [6.07, 6.45) is 0.715. The second-order valence-corrected chi connectivity index (χ2v) is 4.84. The summed E-state index contributed by atoms with van der Waals surface area (Å²) in [4.78, 5) is 4.28. The number of hydrogen-bond donors (Lipinski definition) is 0. The number of aromatic nitrogens is 3. The van der Waals surface area contributed by atoms with Crippen molar-refractivity contribution in [3.05, 3.63) is 58.8 Å². The van der Waals surface area contributed by atoms with Crippen molar-refractivity contribution in [1.82, 2.24) is 15.3 Å². The summed E-state index contributed by atoms with van der Waals surface area (Å²) < 4.78 is 28.7. The quantitative estimate of drug-likeness (QED) is 0.721. The number of nitrogens with zero attached hydrogens (tertiary/aromatic N) is 3. The first-order chi connectivity index (χ1) is 10.6. The first-order valence-corrected chi connectivity index (χ1v) is 6.70.